The number of carbonyl (C=O) groups excluding carboxylic acids is 1. The Morgan fingerprint density at radius 1 is 1.17 bits per heavy atom. The summed E-state index contributed by atoms with van der Waals surface area (Å²) in [5.74, 6) is -2.83. The first-order valence-corrected chi connectivity index (χ1v) is 9.61. The van der Waals surface area contributed by atoms with E-state index in [0.717, 1.165) is 30.3 Å². The molecule has 0 aliphatic heterocycles. The second kappa shape index (κ2) is 9.24. The average Bonchev–Trinajstić information content (AvgIpc) is 3.10. The summed E-state index contributed by atoms with van der Waals surface area (Å²) in [7, 11) is 1.45. The third-order valence-corrected chi connectivity index (χ3v) is 4.86. The van der Waals surface area contributed by atoms with Gasteiger partial charge in [-0.3, -0.25) is 19.6 Å². The molecule has 3 N–H and O–H groups in total. The summed E-state index contributed by atoms with van der Waals surface area (Å²) in [6, 6.07) is 6.82. The Kier molecular flexibility index (Phi) is 6.57. The molecule has 1 heterocycles. The number of aromatic hydroxyl groups is 1. The molecule has 1 aromatic heterocycles. The van der Waals surface area contributed by atoms with Crippen LogP contribution in [0.1, 0.15) is 38.9 Å². The predicted octanol–water partition coefficient (Wildman–Crippen LogP) is 3.57. The molecule has 3 rings (SSSR count). The Balaban J connectivity index is 1.86. The van der Waals surface area contributed by atoms with E-state index in [1.54, 1.807) is 0 Å². The summed E-state index contributed by atoms with van der Waals surface area (Å²) in [4.78, 5) is 33.6. The standard InChI is InChI=1S/C21H16F3N5O6/c1-10(25-26-19(31)12-5-8-14(20(32)33)15(9-12)29(34)35)16-18(30)17(28(2)27-16)11-3-6-13(7-4-11)21(22,23)24/h3-9,30H,1-2H3,(H,26,31)(H,32,33). The molecule has 3 aromatic rings. The summed E-state index contributed by atoms with van der Waals surface area (Å²) >= 11 is 0. The van der Waals surface area contributed by atoms with Gasteiger partial charge in [-0.15, -0.1) is 0 Å². The number of aryl methyl sites for hydroxylation is 1. The van der Waals surface area contributed by atoms with Crippen molar-refractivity contribution in [2.75, 3.05) is 0 Å². The van der Waals surface area contributed by atoms with Gasteiger partial charge >= 0.3 is 12.1 Å². The van der Waals surface area contributed by atoms with Crippen LogP contribution in [-0.4, -0.2) is 42.5 Å². The lowest BCUT2D eigenvalue weighted by Gasteiger charge is -2.08. The largest absolute Gasteiger partial charge is 0.504 e. The molecule has 0 unspecified atom stereocenters. The number of hydrazone groups is 1. The molecule has 0 fully saturated rings. The van der Waals surface area contributed by atoms with Crippen molar-refractivity contribution in [1.82, 2.24) is 15.2 Å². The van der Waals surface area contributed by atoms with E-state index in [4.69, 9.17) is 5.11 Å². The van der Waals surface area contributed by atoms with E-state index in [-0.39, 0.29) is 28.2 Å². The van der Waals surface area contributed by atoms with E-state index in [2.05, 4.69) is 15.6 Å². The quantitative estimate of drug-likeness (QED) is 0.270. The fourth-order valence-electron chi connectivity index (χ4n) is 3.15. The lowest BCUT2D eigenvalue weighted by Crippen LogP contribution is -2.20. The Bertz CT molecular complexity index is 1360. The minimum absolute atomic E-state index is 0.0151. The van der Waals surface area contributed by atoms with Gasteiger partial charge in [-0.1, -0.05) is 12.1 Å². The SMILES string of the molecule is CC(=NNC(=O)c1ccc(C(=O)O)c([N+](=O)[O-])c1)c1nn(C)c(-c2ccc(C(F)(F)F)cc2)c1O. The molecule has 0 atom stereocenters. The third-order valence-electron chi connectivity index (χ3n) is 4.86. The Labute approximate surface area is 194 Å². The van der Waals surface area contributed by atoms with Gasteiger partial charge in [0.05, 0.1) is 16.2 Å². The predicted molar refractivity (Wildman–Crippen MR) is 115 cm³/mol. The summed E-state index contributed by atoms with van der Waals surface area (Å²) in [6.07, 6.45) is -4.52. The van der Waals surface area contributed by atoms with Crippen LogP contribution in [0.3, 0.4) is 0 Å². The van der Waals surface area contributed by atoms with Crippen LogP contribution >= 0.6 is 0 Å². The van der Waals surface area contributed by atoms with Gasteiger partial charge in [0.15, 0.2) is 11.4 Å². The molecule has 0 saturated heterocycles. The summed E-state index contributed by atoms with van der Waals surface area (Å²) in [6.45, 7) is 1.38. The first-order chi connectivity index (χ1) is 16.3. The fraction of sp³-hybridized carbons (Fsp3) is 0.143. The van der Waals surface area contributed by atoms with E-state index in [1.807, 2.05) is 0 Å². The van der Waals surface area contributed by atoms with Crippen LogP contribution in [0.2, 0.25) is 0 Å². The number of aromatic nitrogens is 2. The normalized spacial score (nSPS) is 11.9. The number of aromatic carboxylic acids is 1. The maximum Gasteiger partial charge on any atom is 0.416 e. The van der Waals surface area contributed by atoms with Gasteiger partial charge in [0.25, 0.3) is 11.6 Å². The van der Waals surface area contributed by atoms with Crippen molar-refractivity contribution in [2.24, 2.45) is 12.1 Å². The summed E-state index contributed by atoms with van der Waals surface area (Å²) in [5, 5.41) is 38.6. The minimum atomic E-state index is -4.52. The van der Waals surface area contributed by atoms with Crippen LogP contribution in [0.5, 0.6) is 5.75 Å². The number of nitrogens with one attached hydrogen (secondary N) is 1. The van der Waals surface area contributed by atoms with Crippen molar-refractivity contribution in [3.05, 3.63) is 75.0 Å². The van der Waals surface area contributed by atoms with Crippen molar-refractivity contribution in [3.8, 4) is 17.0 Å². The highest BCUT2D eigenvalue weighted by atomic mass is 19.4. The maximum absolute atomic E-state index is 12.8. The van der Waals surface area contributed by atoms with Crippen molar-refractivity contribution in [1.29, 1.82) is 0 Å². The van der Waals surface area contributed by atoms with Gasteiger partial charge in [-0.2, -0.15) is 23.4 Å². The van der Waals surface area contributed by atoms with Gasteiger partial charge in [-0.25, -0.2) is 10.2 Å². The molecular weight excluding hydrogens is 475 g/mol. The number of halogens is 3. The number of nitro benzene ring substituents is 1. The highest BCUT2D eigenvalue weighted by molar-refractivity contribution is 6.03. The first-order valence-electron chi connectivity index (χ1n) is 9.61. The molecule has 14 heteroatoms. The van der Waals surface area contributed by atoms with Crippen molar-refractivity contribution in [3.63, 3.8) is 0 Å². The molecule has 1 amide bonds. The van der Waals surface area contributed by atoms with E-state index >= 15 is 0 Å². The fourth-order valence-corrected chi connectivity index (χ4v) is 3.15. The topological polar surface area (TPSA) is 160 Å². The van der Waals surface area contributed by atoms with E-state index in [9.17, 15) is 38.0 Å². The average molecular weight is 491 g/mol. The van der Waals surface area contributed by atoms with Crippen LogP contribution < -0.4 is 5.43 Å². The Hall–Kier alpha value is -4.75. The van der Waals surface area contributed by atoms with Gasteiger partial charge in [0.1, 0.15) is 11.3 Å². The molecule has 0 spiro atoms. The van der Waals surface area contributed by atoms with Crippen molar-refractivity contribution >= 4 is 23.3 Å². The summed E-state index contributed by atoms with van der Waals surface area (Å²) < 4.78 is 39.6. The number of nitrogens with zero attached hydrogens (tertiary/aromatic N) is 4. The zero-order valence-electron chi connectivity index (χ0n) is 18.0. The van der Waals surface area contributed by atoms with Crippen LogP contribution in [0.4, 0.5) is 18.9 Å². The second-order valence-electron chi connectivity index (χ2n) is 7.18. The molecule has 0 aliphatic carbocycles. The number of hydrogen-bond donors (Lipinski definition) is 3. The molecule has 35 heavy (non-hydrogen) atoms. The number of rotatable bonds is 6. The van der Waals surface area contributed by atoms with Crippen LogP contribution in [0.15, 0.2) is 47.6 Å². The van der Waals surface area contributed by atoms with Gasteiger partial charge < -0.3 is 10.2 Å². The van der Waals surface area contributed by atoms with Crippen LogP contribution in [0.25, 0.3) is 11.3 Å². The highest BCUT2D eigenvalue weighted by Gasteiger charge is 2.30. The third kappa shape index (κ3) is 5.10. The molecule has 0 radical (unpaired) electrons. The Morgan fingerprint density at radius 2 is 1.80 bits per heavy atom. The van der Waals surface area contributed by atoms with E-state index < -0.39 is 45.5 Å². The van der Waals surface area contributed by atoms with Gasteiger partial charge in [0, 0.05) is 24.2 Å². The number of nitro groups is 1. The van der Waals surface area contributed by atoms with E-state index in [0.29, 0.717) is 0 Å². The Morgan fingerprint density at radius 3 is 2.34 bits per heavy atom. The number of hydrogen-bond acceptors (Lipinski definition) is 7. The molecule has 0 bridgehead atoms. The maximum atomic E-state index is 12.8. The van der Waals surface area contributed by atoms with Gasteiger partial charge in [0.2, 0.25) is 0 Å². The van der Waals surface area contributed by atoms with E-state index in [1.165, 1.54) is 30.8 Å². The van der Waals surface area contributed by atoms with Crippen LogP contribution in [0, 0.1) is 10.1 Å². The number of carboxylic acids is 1. The number of carboxylic acid groups (broad SMARTS) is 1. The lowest BCUT2D eigenvalue weighted by atomic mass is 10.1. The number of benzene rings is 2. The van der Waals surface area contributed by atoms with Crippen molar-refractivity contribution < 1.29 is 37.9 Å². The smallest absolute Gasteiger partial charge is 0.416 e. The molecular formula is C21H16F3N5O6. The molecule has 182 valence electrons. The monoisotopic (exact) mass is 491 g/mol. The number of carbonyl (C=O) groups is 2. The molecule has 11 nitrogen and oxygen atoms in total. The highest BCUT2D eigenvalue weighted by Crippen LogP contribution is 2.35. The number of alkyl halides is 3. The molecule has 0 aliphatic rings. The molecule has 0 saturated carbocycles. The molecule has 2 aromatic carbocycles. The minimum Gasteiger partial charge on any atom is -0.504 e. The summed E-state index contributed by atoms with van der Waals surface area (Å²) in [5.41, 5.74) is -0.0606. The van der Waals surface area contributed by atoms with Crippen LogP contribution in [-0.2, 0) is 13.2 Å². The van der Waals surface area contributed by atoms with Crippen molar-refractivity contribution in [2.45, 2.75) is 13.1 Å². The first kappa shape index (κ1) is 24.9. The zero-order valence-corrected chi connectivity index (χ0v) is 18.0. The zero-order chi connectivity index (χ0) is 26.1. The lowest BCUT2D eigenvalue weighted by molar-refractivity contribution is -0.385. The van der Waals surface area contributed by atoms with Gasteiger partial charge in [-0.05, 0) is 31.2 Å². The number of amides is 1. The second-order valence-corrected chi connectivity index (χ2v) is 7.18.